The van der Waals surface area contributed by atoms with Gasteiger partial charge in [-0.1, -0.05) is 33.6 Å². The minimum Gasteiger partial charge on any atom is -0.324 e. The van der Waals surface area contributed by atoms with Gasteiger partial charge in [0.25, 0.3) is 0 Å². The summed E-state index contributed by atoms with van der Waals surface area (Å²) < 4.78 is 27.6. The average molecular weight is 347 g/mol. The molecule has 2 aromatic rings. The third-order valence-corrected chi connectivity index (χ3v) is 3.54. The van der Waals surface area contributed by atoms with Crippen LogP contribution in [-0.4, -0.2) is 0 Å². The van der Waals surface area contributed by atoms with Gasteiger partial charge in [-0.2, -0.15) is 0 Å². The SMILES string of the molecule is NC(Cc1cc(F)cc(Br)c1)c1c(F)cccc1Cl. The zero-order valence-corrected chi connectivity index (χ0v) is 12.2. The summed E-state index contributed by atoms with van der Waals surface area (Å²) in [6.45, 7) is 0. The summed E-state index contributed by atoms with van der Waals surface area (Å²) in [5.41, 5.74) is 6.90. The summed E-state index contributed by atoms with van der Waals surface area (Å²) in [5, 5.41) is 0.281. The van der Waals surface area contributed by atoms with Crippen LogP contribution in [0.25, 0.3) is 0 Å². The van der Waals surface area contributed by atoms with Crippen LogP contribution in [0.3, 0.4) is 0 Å². The Labute approximate surface area is 123 Å². The van der Waals surface area contributed by atoms with E-state index in [0.29, 0.717) is 16.5 Å². The standard InChI is InChI=1S/C14H11BrClF2N/c15-9-4-8(5-10(17)7-9)6-13(19)14-11(16)2-1-3-12(14)18/h1-5,7,13H,6,19H2. The average Bonchev–Trinajstić information content (AvgIpc) is 2.26. The van der Waals surface area contributed by atoms with Crippen LogP contribution in [0, 0.1) is 11.6 Å². The number of hydrogen-bond acceptors (Lipinski definition) is 1. The predicted molar refractivity (Wildman–Crippen MR) is 76.1 cm³/mol. The largest absolute Gasteiger partial charge is 0.324 e. The highest BCUT2D eigenvalue weighted by atomic mass is 79.9. The molecule has 0 aromatic heterocycles. The number of hydrogen-bond donors (Lipinski definition) is 1. The lowest BCUT2D eigenvalue weighted by molar-refractivity contribution is 0.578. The molecule has 0 aliphatic carbocycles. The maximum absolute atomic E-state index is 13.7. The van der Waals surface area contributed by atoms with Crippen molar-refractivity contribution in [1.29, 1.82) is 0 Å². The minimum atomic E-state index is -0.623. The Morgan fingerprint density at radius 2 is 1.95 bits per heavy atom. The van der Waals surface area contributed by atoms with Gasteiger partial charge in [-0.15, -0.1) is 0 Å². The highest BCUT2D eigenvalue weighted by Crippen LogP contribution is 2.27. The number of benzene rings is 2. The van der Waals surface area contributed by atoms with Gasteiger partial charge in [-0.3, -0.25) is 0 Å². The first-order valence-corrected chi connectivity index (χ1v) is 6.79. The summed E-state index contributed by atoms with van der Waals surface area (Å²) in [7, 11) is 0. The molecular weight excluding hydrogens is 336 g/mol. The summed E-state index contributed by atoms with van der Waals surface area (Å²) >= 11 is 9.16. The van der Waals surface area contributed by atoms with E-state index in [1.807, 2.05) is 0 Å². The molecule has 0 radical (unpaired) electrons. The molecule has 0 spiro atoms. The second-order valence-electron chi connectivity index (χ2n) is 4.22. The van der Waals surface area contributed by atoms with E-state index in [1.54, 1.807) is 12.1 Å². The lowest BCUT2D eigenvalue weighted by Crippen LogP contribution is -2.15. The molecule has 100 valence electrons. The molecule has 0 saturated heterocycles. The Morgan fingerprint density at radius 1 is 1.21 bits per heavy atom. The van der Waals surface area contributed by atoms with Crippen LogP contribution in [0.4, 0.5) is 8.78 Å². The van der Waals surface area contributed by atoms with Crippen molar-refractivity contribution < 1.29 is 8.78 Å². The molecule has 1 atom stereocenters. The predicted octanol–water partition coefficient (Wildman–Crippen LogP) is 4.62. The van der Waals surface area contributed by atoms with Crippen LogP contribution in [-0.2, 0) is 6.42 Å². The third kappa shape index (κ3) is 3.53. The number of rotatable bonds is 3. The van der Waals surface area contributed by atoms with Crippen LogP contribution < -0.4 is 5.73 Å². The van der Waals surface area contributed by atoms with Crippen molar-refractivity contribution in [3.63, 3.8) is 0 Å². The van der Waals surface area contributed by atoms with Crippen molar-refractivity contribution >= 4 is 27.5 Å². The summed E-state index contributed by atoms with van der Waals surface area (Å²) in [6, 6.07) is 8.26. The molecular formula is C14H11BrClF2N. The smallest absolute Gasteiger partial charge is 0.129 e. The molecule has 0 heterocycles. The second-order valence-corrected chi connectivity index (χ2v) is 5.55. The molecule has 2 aromatic carbocycles. The van der Waals surface area contributed by atoms with Gasteiger partial charge < -0.3 is 5.73 Å². The number of nitrogens with two attached hydrogens (primary N) is 1. The van der Waals surface area contributed by atoms with E-state index < -0.39 is 11.9 Å². The van der Waals surface area contributed by atoms with Gasteiger partial charge in [-0.05, 0) is 42.3 Å². The monoisotopic (exact) mass is 345 g/mol. The Kier molecular flexibility index (Phi) is 4.55. The molecule has 0 fully saturated rings. The van der Waals surface area contributed by atoms with E-state index >= 15 is 0 Å². The molecule has 0 aliphatic rings. The zero-order valence-electron chi connectivity index (χ0n) is 9.84. The van der Waals surface area contributed by atoms with Gasteiger partial charge in [0.1, 0.15) is 11.6 Å². The van der Waals surface area contributed by atoms with Gasteiger partial charge >= 0.3 is 0 Å². The van der Waals surface area contributed by atoms with Gasteiger partial charge in [0, 0.05) is 21.1 Å². The molecule has 0 bridgehead atoms. The van der Waals surface area contributed by atoms with E-state index in [4.69, 9.17) is 17.3 Å². The Balaban J connectivity index is 2.28. The number of halogens is 4. The second kappa shape index (κ2) is 5.99. The first-order chi connectivity index (χ1) is 8.97. The van der Waals surface area contributed by atoms with E-state index in [9.17, 15) is 8.78 Å². The molecule has 2 rings (SSSR count). The molecule has 1 unspecified atom stereocenters. The van der Waals surface area contributed by atoms with E-state index in [2.05, 4.69) is 15.9 Å². The fourth-order valence-corrected chi connectivity index (χ4v) is 2.77. The summed E-state index contributed by atoms with van der Waals surface area (Å²) in [5.74, 6) is -0.813. The van der Waals surface area contributed by atoms with Crippen LogP contribution in [0.2, 0.25) is 5.02 Å². The lowest BCUT2D eigenvalue weighted by Gasteiger charge is -2.15. The summed E-state index contributed by atoms with van der Waals surface area (Å²) in [6.07, 6.45) is 0.303. The van der Waals surface area contributed by atoms with Crippen molar-refractivity contribution in [2.24, 2.45) is 5.73 Å². The van der Waals surface area contributed by atoms with Gasteiger partial charge in [0.2, 0.25) is 0 Å². The normalized spacial score (nSPS) is 12.5. The highest BCUT2D eigenvalue weighted by molar-refractivity contribution is 9.10. The maximum Gasteiger partial charge on any atom is 0.129 e. The van der Waals surface area contributed by atoms with Gasteiger partial charge in [-0.25, -0.2) is 8.78 Å². The highest BCUT2D eigenvalue weighted by Gasteiger charge is 2.16. The Morgan fingerprint density at radius 3 is 2.58 bits per heavy atom. The molecule has 0 saturated carbocycles. The molecule has 0 amide bonds. The van der Waals surface area contributed by atoms with Gasteiger partial charge in [0.05, 0.1) is 0 Å². The molecule has 19 heavy (non-hydrogen) atoms. The van der Waals surface area contributed by atoms with Crippen molar-refractivity contribution in [3.8, 4) is 0 Å². The zero-order chi connectivity index (χ0) is 14.0. The fourth-order valence-electron chi connectivity index (χ4n) is 1.95. The minimum absolute atomic E-state index is 0.254. The maximum atomic E-state index is 13.7. The first kappa shape index (κ1) is 14.4. The molecule has 2 N–H and O–H groups in total. The van der Waals surface area contributed by atoms with Crippen LogP contribution >= 0.6 is 27.5 Å². The van der Waals surface area contributed by atoms with Crippen molar-refractivity contribution in [2.75, 3.05) is 0 Å². The van der Waals surface area contributed by atoms with E-state index in [0.717, 1.165) is 0 Å². The lowest BCUT2D eigenvalue weighted by atomic mass is 9.99. The van der Waals surface area contributed by atoms with Crippen molar-refractivity contribution in [2.45, 2.75) is 12.5 Å². The molecule has 1 nitrogen and oxygen atoms in total. The van der Waals surface area contributed by atoms with Crippen molar-refractivity contribution in [3.05, 3.63) is 68.7 Å². The summed E-state index contributed by atoms with van der Waals surface area (Å²) in [4.78, 5) is 0. The van der Waals surface area contributed by atoms with Gasteiger partial charge in [0.15, 0.2) is 0 Å². The van der Waals surface area contributed by atoms with Crippen LogP contribution in [0.1, 0.15) is 17.2 Å². The first-order valence-electron chi connectivity index (χ1n) is 5.62. The quantitative estimate of drug-likeness (QED) is 0.862. The Hall–Kier alpha value is -0.970. The van der Waals surface area contributed by atoms with E-state index in [-0.39, 0.29) is 16.4 Å². The third-order valence-electron chi connectivity index (χ3n) is 2.75. The van der Waals surface area contributed by atoms with Crippen molar-refractivity contribution in [1.82, 2.24) is 0 Å². The van der Waals surface area contributed by atoms with Crippen LogP contribution in [0.5, 0.6) is 0 Å². The Bertz CT molecular complexity index is 563. The topological polar surface area (TPSA) is 26.0 Å². The van der Waals surface area contributed by atoms with Crippen LogP contribution in [0.15, 0.2) is 40.9 Å². The fraction of sp³-hybridized carbons (Fsp3) is 0.143. The van der Waals surface area contributed by atoms with E-state index in [1.165, 1.54) is 24.3 Å². The molecule has 5 heteroatoms. The molecule has 0 aliphatic heterocycles.